The van der Waals surface area contributed by atoms with Crippen LogP contribution in [-0.4, -0.2) is 31.9 Å². The molecule has 0 nitrogen and oxygen atoms in total. The fourth-order valence-electron chi connectivity index (χ4n) is 12.9. The normalized spacial score (nSPS) is 12.4. The number of fused-ring (bicyclic) bond motifs is 9. The van der Waals surface area contributed by atoms with E-state index in [1.807, 2.05) is 0 Å². The molecule has 0 bridgehead atoms. The summed E-state index contributed by atoms with van der Waals surface area (Å²) in [7, 11) is 0. The van der Waals surface area contributed by atoms with Gasteiger partial charge in [-0.25, -0.2) is 0 Å². The number of hydrogen-bond acceptors (Lipinski definition) is 0. The molecule has 0 spiro atoms. The monoisotopic (exact) mass is 1060 g/mol. The van der Waals surface area contributed by atoms with Crippen molar-refractivity contribution in [1.82, 2.24) is 0 Å². The van der Waals surface area contributed by atoms with Crippen LogP contribution < -0.4 is 13.2 Å². The Morgan fingerprint density at radius 1 is 0.230 bits per heavy atom. The summed E-state index contributed by atoms with van der Waals surface area (Å²) in [6, 6.07) is 99.2. The SMILES string of the molecule is [GeH3][c]1ccccc1-c1cccc(-c2cccc3c(-c4c5cccc(-c6cccc7ccccc67)c5cc5c(-c6cccc7ccccc67)cccc45)c4cccc(-c5cccc6[c]5[GeH2][c]5ccccc5-6)c4cc23)c1. The molecule has 0 saturated carbocycles. The second kappa shape index (κ2) is 17.5. The van der Waals surface area contributed by atoms with Crippen molar-refractivity contribution in [3.8, 4) is 77.9 Å². The van der Waals surface area contributed by atoms with Gasteiger partial charge >= 0.3 is 365 Å². The molecule has 0 unspecified atom stereocenters. The van der Waals surface area contributed by atoms with Gasteiger partial charge in [-0.1, -0.05) is 72.8 Å². The molecule has 344 valence electrons. The predicted molar refractivity (Wildman–Crippen MR) is 327 cm³/mol. The molecule has 0 amide bonds. The minimum atomic E-state index is -1.30. The van der Waals surface area contributed by atoms with Crippen molar-refractivity contribution in [2.75, 3.05) is 0 Å². The van der Waals surface area contributed by atoms with E-state index in [0.717, 1.165) is 0 Å². The standard InChI is InChI=1S/C72H48Ge2/c73-68-39-7-5-25-51(68)47-22-9-21-46(41-47)50-27-12-33-58-64(50)42-67-56(62-37-16-38-63-57-26-6-8-40-69(57)74-72(62)63)32-15-36-61(67)70(58)71-59-34-13-30-54(52-28-10-19-44-17-1-3-23-48(44)52)65(59)43-66-55(31-14-35-60(66)71)53-29-11-20-45-18-2-4-24-49(45)53/h1-43H,74H2,73H3. The van der Waals surface area contributed by atoms with Gasteiger partial charge in [0, 0.05) is 0 Å². The van der Waals surface area contributed by atoms with Gasteiger partial charge in [0.15, 0.2) is 0 Å². The molecule has 1 aliphatic heterocycles. The van der Waals surface area contributed by atoms with Crippen LogP contribution in [0.4, 0.5) is 0 Å². The molecule has 0 radical (unpaired) electrons. The second-order valence-electron chi connectivity index (χ2n) is 20.2. The number of rotatable bonds is 6. The van der Waals surface area contributed by atoms with Crippen molar-refractivity contribution in [3.05, 3.63) is 261 Å². The van der Waals surface area contributed by atoms with Crippen molar-refractivity contribution in [2.45, 2.75) is 0 Å². The molecular formula is C72H48Ge2. The first-order valence-electron chi connectivity index (χ1n) is 26.0. The van der Waals surface area contributed by atoms with E-state index in [0.29, 0.717) is 16.5 Å². The summed E-state index contributed by atoms with van der Waals surface area (Å²) in [6.07, 6.45) is 0. The zero-order valence-electron chi connectivity index (χ0n) is 41.0. The van der Waals surface area contributed by atoms with E-state index in [-0.39, 0.29) is 0 Å². The fraction of sp³-hybridized carbons (Fsp3) is 0. The second-order valence-corrected chi connectivity index (χ2v) is 26.3. The van der Waals surface area contributed by atoms with Gasteiger partial charge in [0.25, 0.3) is 0 Å². The number of hydrogen-bond donors (Lipinski definition) is 0. The van der Waals surface area contributed by atoms with Crippen molar-refractivity contribution in [3.63, 3.8) is 0 Å². The van der Waals surface area contributed by atoms with E-state index in [9.17, 15) is 0 Å². The molecule has 14 aromatic rings. The fourth-order valence-corrected chi connectivity index (χ4v) is 18.7. The Morgan fingerprint density at radius 2 is 0.568 bits per heavy atom. The van der Waals surface area contributed by atoms with Gasteiger partial charge in [0.05, 0.1) is 0 Å². The summed E-state index contributed by atoms with van der Waals surface area (Å²) in [5, 5.41) is 15.1. The average Bonchev–Trinajstić information content (AvgIpc) is 3.88. The summed E-state index contributed by atoms with van der Waals surface area (Å²) in [4.78, 5) is 0. The molecule has 0 atom stereocenters. The summed E-state index contributed by atoms with van der Waals surface area (Å²) in [5.74, 6) is 0. The Labute approximate surface area is 445 Å². The summed E-state index contributed by atoms with van der Waals surface area (Å²) in [5.41, 5.74) is 18.2. The molecule has 0 fully saturated rings. The van der Waals surface area contributed by atoms with E-state index in [1.54, 1.807) is 8.79 Å². The molecule has 1 aliphatic rings. The first kappa shape index (κ1) is 43.3. The molecule has 14 aromatic carbocycles. The molecule has 1 heterocycles. The first-order valence-corrected chi connectivity index (χ1v) is 31.0. The van der Waals surface area contributed by atoms with Crippen LogP contribution in [0.1, 0.15) is 0 Å². The molecule has 74 heavy (non-hydrogen) atoms. The maximum absolute atomic E-state index is 2.56. The Morgan fingerprint density at radius 3 is 1.14 bits per heavy atom. The van der Waals surface area contributed by atoms with Crippen molar-refractivity contribution < 1.29 is 0 Å². The van der Waals surface area contributed by atoms with Crippen molar-refractivity contribution in [1.29, 1.82) is 0 Å². The number of benzene rings is 14. The topological polar surface area (TPSA) is 0 Å². The van der Waals surface area contributed by atoms with Gasteiger partial charge < -0.3 is 0 Å². The van der Waals surface area contributed by atoms with Gasteiger partial charge in [-0.05, 0) is 10.8 Å². The molecule has 0 saturated heterocycles. The van der Waals surface area contributed by atoms with Crippen molar-refractivity contribution >= 4 is 110 Å². The molecule has 0 N–H and O–H groups in total. The maximum atomic E-state index is 2.56. The van der Waals surface area contributed by atoms with Crippen LogP contribution in [0.2, 0.25) is 0 Å². The third-order valence-electron chi connectivity index (χ3n) is 16.3. The van der Waals surface area contributed by atoms with E-state index in [1.165, 1.54) is 147 Å². The summed E-state index contributed by atoms with van der Waals surface area (Å²) in [6.45, 7) is 0. The zero-order valence-corrected chi connectivity index (χ0v) is 48.2. The first-order chi connectivity index (χ1) is 36.6. The van der Waals surface area contributed by atoms with Crippen LogP contribution in [0.25, 0.3) is 143 Å². The van der Waals surface area contributed by atoms with E-state index in [2.05, 4.69) is 261 Å². The van der Waals surface area contributed by atoms with Crippen LogP contribution in [0, 0.1) is 0 Å². The Hall–Kier alpha value is -8.27. The van der Waals surface area contributed by atoms with E-state index in [4.69, 9.17) is 0 Å². The van der Waals surface area contributed by atoms with E-state index >= 15 is 0 Å². The molecule has 2 heteroatoms. The van der Waals surface area contributed by atoms with Crippen LogP contribution in [-0.2, 0) is 0 Å². The van der Waals surface area contributed by atoms with Crippen LogP contribution in [0.15, 0.2) is 261 Å². The summed E-state index contributed by atoms with van der Waals surface area (Å²) < 4.78 is 4.64. The quantitative estimate of drug-likeness (QED) is 0.115. The van der Waals surface area contributed by atoms with Gasteiger partial charge in [-0.3, -0.25) is 0 Å². The molecular weight excluding hydrogens is 1010 g/mol. The molecule has 15 rings (SSSR count). The van der Waals surface area contributed by atoms with Crippen LogP contribution >= 0.6 is 0 Å². The minimum absolute atomic E-state index is 0.550. The van der Waals surface area contributed by atoms with Crippen molar-refractivity contribution in [2.24, 2.45) is 0 Å². The Bertz CT molecular complexity index is 4510. The molecule has 0 aromatic heterocycles. The predicted octanol–water partition coefficient (Wildman–Crippen LogP) is 15.7. The third-order valence-corrected chi connectivity index (χ3v) is 22.5. The van der Waals surface area contributed by atoms with Gasteiger partial charge in [-0.2, -0.15) is 0 Å². The third kappa shape index (κ3) is 6.82. The average molecular weight is 1060 g/mol. The van der Waals surface area contributed by atoms with Gasteiger partial charge in [-0.15, -0.1) is 0 Å². The Kier molecular flexibility index (Phi) is 10.2. The van der Waals surface area contributed by atoms with E-state index < -0.39 is 15.4 Å². The molecule has 0 aliphatic carbocycles. The van der Waals surface area contributed by atoms with Crippen LogP contribution in [0.3, 0.4) is 0 Å². The zero-order chi connectivity index (χ0) is 48.9. The van der Waals surface area contributed by atoms with Gasteiger partial charge in [0.2, 0.25) is 0 Å². The summed E-state index contributed by atoms with van der Waals surface area (Å²) >= 11 is -0.752. The van der Waals surface area contributed by atoms with Crippen LogP contribution in [0.5, 0.6) is 0 Å². The van der Waals surface area contributed by atoms with Gasteiger partial charge in [0.1, 0.15) is 0 Å². The Balaban J connectivity index is 1.11.